The molecule has 2 aliphatic rings. The van der Waals surface area contributed by atoms with Gasteiger partial charge in [-0.15, -0.1) is 0 Å². The Kier molecular flexibility index (Phi) is 8.60. The van der Waals surface area contributed by atoms with Crippen LogP contribution in [0.15, 0.2) is 41.3 Å². The second-order valence-electron chi connectivity index (χ2n) is 11.4. The van der Waals surface area contributed by atoms with Crippen molar-refractivity contribution in [1.82, 2.24) is 24.1 Å². The first kappa shape index (κ1) is 28.3. The van der Waals surface area contributed by atoms with Crippen molar-refractivity contribution in [3.8, 4) is 6.07 Å². The Balaban J connectivity index is 1.36. The maximum Gasteiger partial charge on any atom is 0.252 e. The molecule has 9 nitrogen and oxygen atoms in total. The van der Waals surface area contributed by atoms with Gasteiger partial charge in [0.2, 0.25) is 0 Å². The SMILES string of the molecule is CC[C@H]1CN(C(C)c2ccc(CN3CCC(OC)C3)cc2)[C@H](CC)CN1c1cc(=O)n(C)c2cn(CC#N)nc12. The molecule has 0 radical (unpaired) electrons. The first-order valence-electron chi connectivity index (χ1n) is 14.7. The van der Waals surface area contributed by atoms with E-state index in [0.29, 0.717) is 18.2 Å². The summed E-state index contributed by atoms with van der Waals surface area (Å²) in [5.74, 6) is 0. The number of anilines is 1. The van der Waals surface area contributed by atoms with Gasteiger partial charge < -0.3 is 14.2 Å². The van der Waals surface area contributed by atoms with Crippen LogP contribution < -0.4 is 10.5 Å². The van der Waals surface area contributed by atoms with Gasteiger partial charge in [0.25, 0.3) is 5.56 Å². The van der Waals surface area contributed by atoms with Crippen molar-refractivity contribution in [1.29, 1.82) is 5.26 Å². The predicted octanol–water partition coefficient (Wildman–Crippen LogP) is 3.92. The van der Waals surface area contributed by atoms with Crippen LogP contribution in [0.25, 0.3) is 11.0 Å². The third kappa shape index (κ3) is 5.53. The number of piperazine rings is 1. The summed E-state index contributed by atoms with van der Waals surface area (Å²) in [5.41, 5.74) is 5.08. The monoisotopic (exact) mass is 545 g/mol. The molecule has 0 spiro atoms. The molecule has 0 bridgehead atoms. The third-order valence-electron chi connectivity index (χ3n) is 9.09. The molecule has 40 heavy (non-hydrogen) atoms. The van der Waals surface area contributed by atoms with E-state index in [-0.39, 0.29) is 18.1 Å². The predicted molar refractivity (Wildman–Crippen MR) is 158 cm³/mol. The van der Waals surface area contributed by atoms with Gasteiger partial charge >= 0.3 is 0 Å². The summed E-state index contributed by atoms with van der Waals surface area (Å²) in [4.78, 5) is 20.5. The first-order chi connectivity index (χ1) is 19.4. The van der Waals surface area contributed by atoms with E-state index in [9.17, 15) is 10.1 Å². The molecule has 2 aliphatic heterocycles. The van der Waals surface area contributed by atoms with Crippen LogP contribution in [0.2, 0.25) is 0 Å². The van der Waals surface area contributed by atoms with Crippen LogP contribution in [0.5, 0.6) is 0 Å². The fourth-order valence-electron chi connectivity index (χ4n) is 6.55. The fraction of sp³-hybridized carbons (Fsp3) is 0.581. The van der Waals surface area contributed by atoms with Gasteiger partial charge in [0.05, 0.1) is 29.6 Å². The number of hydrogen-bond donors (Lipinski definition) is 0. The molecule has 0 N–H and O–H groups in total. The van der Waals surface area contributed by atoms with Gasteiger partial charge in [-0.3, -0.25) is 19.3 Å². The van der Waals surface area contributed by atoms with E-state index in [1.165, 1.54) is 11.1 Å². The van der Waals surface area contributed by atoms with Gasteiger partial charge in [0.15, 0.2) is 0 Å². The molecule has 9 heteroatoms. The van der Waals surface area contributed by atoms with E-state index in [2.05, 4.69) is 65.8 Å². The van der Waals surface area contributed by atoms with Crippen molar-refractivity contribution >= 4 is 16.7 Å². The summed E-state index contributed by atoms with van der Waals surface area (Å²) in [5, 5.41) is 13.9. The normalized spacial score (nSPS) is 23.1. The number of ether oxygens (including phenoxy) is 1. The Morgan fingerprint density at radius 1 is 1.12 bits per heavy atom. The molecule has 2 saturated heterocycles. The average Bonchev–Trinajstić information content (AvgIpc) is 3.61. The molecule has 0 aliphatic carbocycles. The molecule has 0 amide bonds. The molecule has 3 aromatic rings. The minimum Gasteiger partial charge on any atom is -0.380 e. The number of aryl methyl sites for hydroxylation is 1. The number of methoxy groups -OCH3 is 1. The zero-order valence-corrected chi connectivity index (χ0v) is 24.6. The number of nitrogens with zero attached hydrogens (tertiary/aromatic N) is 7. The van der Waals surface area contributed by atoms with Gasteiger partial charge in [-0.2, -0.15) is 10.4 Å². The van der Waals surface area contributed by atoms with Crippen LogP contribution in [-0.4, -0.2) is 75.6 Å². The number of aromatic nitrogens is 3. The summed E-state index contributed by atoms with van der Waals surface area (Å²) >= 11 is 0. The van der Waals surface area contributed by atoms with Crippen LogP contribution in [0.4, 0.5) is 5.69 Å². The van der Waals surface area contributed by atoms with Crippen LogP contribution in [0.3, 0.4) is 0 Å². The van der Waals surface area contributed by atoms with E-state index in [1.807, 2.05) is 13.3 Å². The summed E-state index contributed by atoms with van der Waals surface area (Å²) in [6, 6.07) is 14.0. The number of pyridine rings is 1. The second kappa shape index (κ2) is 12.1. The number of fused-ring (bicyclic) bond motifs is 1. The second-order valence-corrected chi connectivity index (χ2v) is 11.4. The van der Waals surface area contributed by atoms with Gasteiger partial charge in [0.1, 0.15) is 12.1 Å². The molecule has 0 saturated carbocycles. The Labute approximate surface area is 237 Å². The van der Waals surface area contributed by atoms with Gasteiger partial charge in [-0.1, -0.05) is 38.1 Å². The zero-order valence-electron chi connectivity index (χ0n) is 24.6. The minimum atomic E-state index is -0.0514. The molecule has 2 fully saturated rings. The lowest BCUT2D eigenvalue weighted by atomic mass is 9.96. The minimum absolute atomic E-state index is 0.0514. The van der Waals surface area contributed by atoms with E-state index in [1.54, 1.807) is 22.4 Å². The lowest BCUT2D eigenvalue weighted by Crippen LogP contribution is -2.58. The summed E-state index contributed by atoms with van der Waals surface area (Å²) in [6.07, 6.45) is 5.26. The molecule has 214 valence electrons. The summed E-state index contributed by atoms with van der Waals surface area (Å²) in [7, 11) is 3.58. The van der Waals surface area contributed by atoms with Gasteiger partial charge in [-0.25, -0.2) is 0 Å². The highest BCUT2D eigenvalue weighted by molar-refractivity contribution is 5.88. The largest absolute Gasteiger partial charge is 0.380 e. The smallest absolute Gasteiger partial charge is 0.252 e. The quantitative estimate of drug-likeness (QED) is 0.403. The number of benzene rings is 1. The van der Waals surface area contributed by atoms with E-state index >= 15 is 0 Å². The van der Waals surface area contributed by atoms with Crippen LogP contribution in [0.1, 0.15) is 57.2 Å². The summed E-state index contributed by atoms with van der Waals surface area (Å²) in [6.45, 7) is 11.8. The Hall–Kier alpha value is -3.19. The molecule has 5 rings (SSSR count). The molecule has 2 unspecified atom stereocenters. The van der Waals surface area contributed by atoms with Crippen molar-refractivity contribution in [2.45, 2.75) is 77.4 Å². The zero-order chi connectivity index (χ0) is 28.4. The number of hydrogen-bond acceptors (Lipinski definition) is 7. The van der Waals surface area contributed by atoms with Crippen LogP contribution >= 0.6 is 0 Å². The van der Waals surface area contributed by atoms with E-state index in [0.717, 1.165) is 68.7 Å². The average molecular weight is 546 g/mol. The lowest BCUT2D eigenvalue weighted by Gasteiger charge is -2.49. The van der Waals surface area contributed by atoms with Crippen molar-refractivity contribution in [3.63, 3.8) is 0 Å². The highest BCUT2D eigenvalue weighted by atomic mass is 16.5. The van der Waals surface area contributed by atoms with Crippen molar-refractivity contribution in [3.05, 3.63) is 58.0 Å². The Morgan fingerprint density at radius 2 is 1.88 bits per heavy atom. The lowest BCUT2D eigenvalue weighted by molar-refractivity contribution is 0.101. The topological polar surface area (TPSA) is 82.6 Å². The maximum absolute atomic E-state index is 12.9. The third-order valence-corrected chi connectivity index (χ3v) is 9.09. The van der Waals surface area contributed by atoms with E-state index < -0.39 is 0 Å². The number of likely N-dealkylation sites (tertiary alicyclic amines) is 1. The molecule has 4 atom stereocenters. The Morgan fingerprint density at radius 3 is 2.52 bits per heavy atom. The number of rotatable bonds is 9. The van der Waals surface area contributed by atoms with Crippen molar-refractivity contribution in [2.75, 3.05) is 38.2 Å². The van der Waals surface area contributed by atoms with Crippen LogP contribution in [0, 0.1) is 11.3 Å². The van der Waals surface area contributed by atoms with Crippen molar-refractivity contribution in [2.24, 2.45) is 7.05 Å². The highest BCUT2D eigenvalue weighted by Gasteiger charge is 2.36. The standard InChI is InChI=1S/C31H43N7O2/c1-6-25-19-38(28-16-30(39)34(4)29-21-36(15-13-32)33-31(28)29)26(7-2)18-37(25)22(3)24-10-8-23(9-11-24)17-35-14-12-27(20-35)40-5/h8-11,16,21-22,25-27H,6-7,12,14-15,17-20H2,1-5H3/t22?,25-,26+,27?/m1/s1. The van der Waals surface area contributed by atoms with Gasteiger partial charge in [-0.05, 0) is 37.3 Å². The highest BCUT2D eigenvalue weighted by Crippen LogP contribution is 2.34. The molecule has 1 aromatic carbocycles. The molecular weight excluding hydrogens is 502 g/mol. The molecule has 4 heterocycles. The van der Waals surface area contributed by atoms with E-state index in [4.69, 9.17) is 9.84 Å². The number of nitriles is 1. The fourth-order valence-corrected chi connectivity index (χ4v) is 6.55. The van der Waals surface area contributed by atoms with Crippen LogP contribution in [-0.2, 0) is 24.9 Å². The molecular formula is C31H43N7O2. The van der Waals surface area contributed by atoms with Gasteiger partial charge in [0, 0.05) is 71.1 Å². The Bertz CT molecular complexity index is 1410. The maximum atomic E-state index is 12.9. The van der Waals surface area contributed by atoms with Crippen molar-refractivity contribution < 1.29 is 4.74 Å². The summed E-state index contributed by atoms with van der Waals surface area (Å²) < 4.78 is 8.79. The molecule has 2 aromatic heterocycles. The first-order valence-corrected chi connectivity index (χ1v) is 14.7.